The summed E-state index contributed by atoms with van der Waals surface area (Å²) in [6, 6.07) is 0. The van der Waals surface area contributed by atoms with Gasteiger partial charge in [-0.15, -0.1) is 5.10 Å². The Hall–Kier alpha value is -1.38. The number of alkyl halides is 4. The summed E-state index contributed by atoms with van der Waals surface area (Å²) in [6.45, 7) is 2.65. The van der Waals surface area contributed by atoms with Gasteiger partial charge in [0.25, 0.3) is 0 Å². The monoisotopic (exact) mass is 267 g/mol. The molecule has 5 nitrogen and oxygen atoms in total. The van der Waals surface area contributed by atoms with Gasteiger partial charge in [-0.1, -0.05) is 0 Å². The predicted molar refractivity (Wildman–Crippen MR) is 56.0 cm³/mol. The maximum atomic E-state index is 13.0. The number of nitrogens with one attached hydrogen (secondary N) is 2. The van der Waals surface area contributed by atoms with Gasteiger partial charge < -0.3 is 10.2 Å². The van der Waals surface area contributed by atoms with Crippen molar-refractivity contribution in [2.45, 2.75) is 18.8 Å². The van der Waals surface area contributed by atoms with E-state index in [2.05, 4.69) is 15.4 Å². The molecule has 2 N–H and O–H groups in total. The number of aromatic nitrogens is 3. The average Bonchev–Trinajstić information content (AvgIpc) is 2.66. The van der Waals surface area contributed by atoms with E-state index in [0.717, 1.165) is 13.0 Å². The van der Waals surface area contributed by atoms with Crippen LogP contribution in [0.3, 0.4) is 0 Å². The zero-order valence-corrected chi connectivity index (χ0v) is 9.47. The van der Waals surface area contributed by atoms with Crippen LogP contribution in [0.15, 0.2) is 0 Å². The van der Waals surface area contributed by atoms with E-state index in [1.165, 1.54) is 0 Å². The Morgan fingerprint density at radius 1 is 1.22 bits per heavy atom. The Morgan fingerprint density at radius 2 is 2.00 bits per heavy atom. The summed E-state index contributed by atoms with van der Waals surface area (Å²) >= 11 is 0. The van der Waals surface area contributed by atoms with Gasteiger partial charge in [-0.25, -0.2) is 8.78 Å². The van der Waals surface area contributed by atoms with Crippen molar-refractivity contribution in [1.82, 2.24) is 20.5 Å². The zero-order chi connectivity index (χ0) is 13.2. The molecule has 2 rings (SSSR count). The fourth-order valence-corrected chi connectivity index (χ4v) is 1.69. The maximum Gasteiger partial charge on any atom is 0.365 e. The molecule has 102 valence electrons. The number of hydrogen-bond donors (Lipinski definition) is 2. The van der Waals surface area contributed by atoms with Gasteiger partial charge in [-0.2, -0.15) is 13.8 Å². The van der Waals surface area contributed by atoms with E-state index in [4.69, 9.17) is 0 Å². The van der Waals surface area contributed by atoms with Gasteiger partial charge in [0.2, 0.25) is 11.8 Å². The van der Waals surface area contributed by atoms with Gasteiger partial charge in [0.05, 0.1) is 0 Å². The van der Waals surface area contributed by atoms with Crippen molar-refractivity contribution in [3.8, 4) is 0 Å². The second-order valence-electron chi connectivity index (χ2n) is 4.00. The Labute approximate surface area is 101 Å². The van der Waals surface area contributed by atoms with Gasteiger partial charge in [-0.3, -0.25) is 5.10 Å². The van der Waals surface area contributed by atoms with Crippen molar-refractivity contribution in [2.75, 3.05) is 31.1 Å². The largest absolute Gasteiger partial charge is 0.365 e. The number of rotatable bonds is 3. The fraction of sp³-hybridized carbons (Fsp3) is 0.778. The van der Waals surface area contributed by atoms with E-state index in [9.17, 15) is 17.6 Å². The number of halogens is 4. The zero-order valence-electron chi connectivity index (χ0n) is 9.47. The summed E-state index contributed by atoms with van der Waals surface area (Å²) in [7, 11) is 0. The van der Waals surface area contributed by atoms with Crippen molar-refractivity contribution < 1.29 is 17.6 Å². The van der Waals surface area contributed by atoms with Crippen LogP contribution in [0.25, 0.3) is 0 Å². The van der Waals surface area contributed by atoms with Gasteiger partial charge in [0.1, 0.15) is 0 Å². The molecule has 0 saturated carbocycles. The molecule has 1 aromatic rings. The van der Waals surface area contributed by atoms with Crippen molar-refractivity contribution in [1.29, 1.82) is 0 Å². The maximum absolute atomic E-state index is 13.0. The highest BCUT2D eigenvalue weighted by Crippen LogP contribution is 2.32. The Kier molecular flexibility index (Phi) is 3.69. The summed E-state index contributed by atoms with van der Waals surface area (Å²) < 4.78 is 50.4. The Bertz CT molecular complexity index is 386. The first-order valence-corrected chi connectivity index (χ1v) is 5.56. The van der Waals surface area contributed by atoms with Gasteiger partial charge in [0, 0.05) is 19.6 Å². The highest BCUT2D eigenvalue weighted by molar-refractivity contribution is 5.29. The molecule has 0 aliphatic carbocycles. The van der Waals surface area contributed by atoms with Crippen LogP contribution in [-0.2, 0) is 5.92 Å². The summed E-state index contributed by atoms with van der Waals surface area (Å²) in [4.78, 5) is 5.15. The molecule has 1 aliphatic heterocycles. The van der Waals surface area contributed by atoms with Crippen LogP contribution in [0.2, 0.25) is 0 Å². The number of H-pyrrole nitrogens is 1. The van der Waals surface area contributed by atoms with E-state index in [-0.39, 0.29) is 5.95 Å². The molecule has 1 aliphatic rings. The number of anilines is 1. The first-order chi connectivity index (χ1) is 8.51. The molecule has 18 heavy (non-hydrogen) atoms. The van der Waals surface area contributed by atoms with Crippen LogP contribution in [0, 0.1) is 0 Å². The second kappa shape index (κ2) is 5.09. The number of hydrogen-bond acceptors (Lipinski definition) is 4. The normalized spacial score (nSPS) is 18.2. The van der Waals surface area contributed by atoms with Crippen LogP contribution in [-0.4, -0.2) is 47.8 Å². The molecule has 1 fully saturated rings. The standard InChI is InChI=1S/C9H13F4N5/c10-6(11)9(12,13)7-15-8(17-16-7)18-4-1-2-14-3-5-18/h6,14H,1-5H2,(H,15,16,17). The van der Waals surface area contributed by atoms with Crippen LogP contribution >= 0.6 is 0 Å². The molecule has 0 spiro atoms. The molecule has 9 heteroatoms. The second-order valence-corrected chi connectivity index (χ2v) is 4.00. The Balaban J connectivity index is 2.14. The summed E-state index contributed by atoms with van der Waals surface area (Å²) in [5, 5.41) is 8.60. The summed E-state index contributed by atoms with van der Waals surface area (Å²) in [5.74, 6) is -5.35. The van der Waals surface area contributed by atoms with E-state index in [1.54, 1.807) is 4.90 Å². The molecule has 0 aromatic carbocycles. The predicted octanol–water partition coefficient (Wildman–Crippen LogP) is 0.961. The molecule has 1 saturated heterocycles. The molecule has 0 radical (unpaired) electrons. The van der Waals surface area contributed by atoms with Crippen molar-refractivity contribution >= 4 is 5.95 Å². The van der Waals surface area contributed by atoms with Crippen LogP contribution in [0.4, 0.5) is 23.5 Å². The van der Waals surface area contributed by atoms with Crippen molar-refractivity contribution in [3.63, 3.8) is 0 Å². The average molecular weight is 267 g/mol. The first-order valence-electron chi connectivity index (χ1n) is 5.56. The van der Waals surface area contributed by atoms with Crippen LogP contribution in [0.5, 0.6) is 0 Å². The minimum absolute atomic E-state index is 0.0361. The highest BCUT2D eigenvalue weighted by Gasteiger charge is 2.46. The lowest BCUT2D eigenvalue weighted by atomic mass is 10.3. The smallest absolute Gasteiger partial charge is 0.338 e. The lowest BCUT2D eigenvalue weighted by molar-refractivity contribution is -0.140. The third kappa shape index (κ3) is 2.55. The third-order valence-corrected chi connectivity index (χ3v) is 2.69. The summed E-state index contributed by atoms with van der Waals surface area (Å²) in [6.07, 6.45) is -2.99. The van der Waals surface area contributed by atoms with Crippen molar-refractivity contribution in [3.05, 3.63) is 5.82 Å². The Morgan fingerprint density at radius 3 is 2.72 bits per heavy atom. The third-order valence-electron chi connectivity index (χ3n) is 2.69. The topological polar surface area (TPSA) is 56.8 Å². The minimum Gasteiger partial charge on any atom is -0.338 e. The molecule has 0 unspecified atom stereocenters. The SMILES string of the molecule is FC(F)C(F)(F)c1nc(N2CCCNCC2)n[nH]1. The fourth-order valence-electron chi connectivity index (χ4n) is 1.69. The molecule has 0 bridgehead atoms. The first kappa shape index (κ1) is 13.1. The van der Waals surface area contributed by atoms with E-state index in [0.29, 0.717) is 19.6 Å². The van der Waals surface area contributed by atoms with E-state index in [1.807, 2.05) is 5.10 Å². The minimum atomic E-state index is -4.30. The van der Waals surface area contributed by atoms with E-state index >= 15 is 0 Å². The van der Waals surface area contributed by atoms with Crippen LogP contribution in [0.1, 0.15) is 12.2 Å². The molecule has 0 atom stereocenters. The molecule has 2 heterocycles. The van der Waals surface area contributed by atoms with Gasteiger partial charge in [0.15, 0.2) is 0 Å². The van der Waals surface area contributed by atoms with Gasteiger partial charge in [-0.05, 0) is 13.0 Å². The number of aromatic amines is 1. The lowest BCUT2D eigenvalue weighted by Gasteiger charge is -2.17. The van der Waals surface area contributed by atoms with Gasteiger partial charge >= 0.3 is 12.3 Å². The summed E-state index contributed by atoms with van der Waals surface area (Å²) in [5.41, 5.74) is 0. The van der Waals surface area contributed by atoms with Crippen LogP contribution < -0.4 is 10.2 Å². The van der Waals surface area contributed by atoms with E-state index < -0.39 is 18.2 Å². The van der Waals surface area contributed by atoms with Crippen molar-refractivity contribution in [2.24, 2.45) is 0 Å². The lowest BCUT2D eigenvalue weighted by Crippen LogP contribution is -2.29. The molecular formula is C9H13F4N5. The highest BCUT2D eigenvalue weighted by atomic mass is 19.3. The quantitative estimate of drug-likeness (QED) is 0.801. The molecular weight excluding hydrogens is 254 g/mol. The molecule has 1 aromatic heterocycles. The molecule has 0 amide bonds. The number of nitrogens with zero attached hydrogens (tertiary/aromatic N) is 3.